The van der Waals surface area contributed by atoms with Crippen LogP contribution in [0.1, 0.15) is 5.56 Å². The van der Waals surface area contributed by atoms with E-state index in [1.54, 1.807) is 0 Å². The van der Waals surface area contributed by atoms with Gasteiger partial charge in [-0.3, -0.25) is 19.5 Å². The van der Waals surface area contributed by atoms with Gasteiger partial charge in [0.25, 0.3) is 5.56 Å². The Balaban J connectivity index is 2.81. The van der Waals surface area contributed by atoms with E-state index in [1.807, 2.05) is 0 Å². The van der Waals surface area contributed by atoms with Crippen LogP contribution in [-0.4, -0.2) is 22.2 Å². The molecule has 0 spiro atoms. The van der Waals surface area contributed by atoms with Crippen molar-refractivity contribution < 1.29 is 26.9 Å². The summed E-state index contributed by atoms with van der Waals surface area (Å²) in [7, 11) is 0. The number of halogens is 5. The van der Waals surface area contributed by atoms with Crippen LogP contribution < -0.4 is 10.9 Å². The van der Waals surface area contributed by atoms with E-state index in [2.05, 4.69) is 5.32 Å². The zero-order valence-corrected chi connectivity index (χ0v) is 9.50. The zero-order chi connectivity index (χ0) is 15.3. The minimum absolute atomic E-state index is 0.0249. The molecule has 11 heteroatoms. The van der Waals surface area contributed by atoms with Crippen LogP contribution in [0.25, 0.3) is 0 Å². The van der Waals surface area contributed by atoms with Crippen LogP contribution in [0.3, 0.4) is 0 Å². The maximum atomic E-state index is 13.3. The Kier molecular flexibility index (Phi) is 2.95. The molecule has 0 saturated heterocycles. The molecule has 20 heavy (non-hydrogen) atoms. The van der Waals surface area contributed by atoms with Gasteiger partial charge in [0.05, 0.1) is 4.92 Å². The normalized spacial score (nSPS) is 14.8. The second-order valence-electron chi connectivity index (χ2n) is 4.00. The van der Waals surface area contributed by atoms with Crippen molar-refractivity contribution in [2.24, 2.45) is 0 Å². The lowest BCUT2D eigenvalue weighted by Gasteiger charge is -2.20. The number of anilines is 1. The number of aromatic nitrogens is 1. The molecule has 0 aromatic carbocycles. The second-order valence-corrected chi connectivity index (χ2v) is 4.00. The summed E-state index contributed by atoms with van der Waals surface area (Å²) in [6.07, 6.45) is -6.04. The summed E-state index contributed by atoms with van der Waals surface area (Å²) in [6.45, 7) is -0.0238. The van der Waals surface area contributed by atoms with Crippen molar-refractivity contribution in [1.29, 1.82) is 0 Å². The number of hydrogen-bond acceptors (Lipinski definition) is 4. The summed E-state index contributed by atoms with van der Waals surface area (Å²) in [5.41, 5.74) is -4.56. The summed E-state index contributed by atoms with van der Waals surface area (Å²) in [5, 5.41) is 13.1. The van der Waals surface area contributed by atoms with Gasteiger partial charge in [0.15, 0.2) is 5.82 Å². The molecule has 0 fully saturated rings. The van der Waals surface area contributed by atoms with E-state index in [-0.39, 0.29) is 19.2 Å². The smallest absolute Gasteiger partial charge is 0.364 e. The maximum absolute atomic E-state index is 13.3. The van der Waals surface area contributed by atoms with Gasteiger partial charge in [-0.15, -0.1) is 0 Å². The van der Waals surface area contributed by atoms with Crippen molar-refractivity contribution in [3.63, 3.8) is 0 Å². The van der Waals surface area contributed by atoms with E-state index in [0.717, 1.165) is 4.57 Å². The topological polar surface area (TPSA) is 77.2 Å². The molecule has 1 aromatic heterocycles. The molecule has 1 N–H and O–H groups in total. The van der Waals surface area contributed by atoms with Gasteiger partial charge in [0, 0.05) is 19.2 Å². The lowest BCUT2D eigenvalue weighted by atomic mass is 10.1. The summed E-state index contributed by atoms with van der Waals surface area (Å²) in [5.74, 6) is -6.13. The Morgan fingerprint density at radius 1 is 1.30 bits per heavy atom. The van der Waals surface area contributed by atoms with E-state index in [0.29, 0.717) is 0 Å². The van der Waals surface area contributed by atoms with Crippen LogP contribution in [0.4, 0.5) is 33.5 Å². The van der Waals surface area contributed by atoms with Gasteiger partial charge in [0.1, 0.15) is 5.56 Å². The first-order valence-electron chi connectivity index (χ1n) is 5.18. The van der Waals surface area contributed by atoms with Crippen LogP contribution in [0.2, 0.25) is 0 Å². The second kappa shape index (κ2) is 4.15. The highest BCUT2D eigenvalue weighted by Gasteiger charge is 2.62. The minimum Gasteiger partial charge on any atom is -0.364 e. The van der Waals surface area contributed by atoms with Gasteiger partial charge in [-0.05, 0) is 0 Å². The Bertz CT molecular complexity index is 637. The number of fused-ring (bicyclic) bond motifs is 1. The van der Waals surface area contributed by atoms with Crippen LogP contribution in [-0.2, 0) is 12.5 Å². The average molecular weight is 299 g/mol. The average Bonchev–Trinajstić information content (AvgIpc) is 2.75. The van der Waals surface area contributed by atoms with Gasteiger partial charge in [0.2, 0.25) is 0 Å². The van der Waals surface area contributed by atoms with E-state index in [1.165, 1.54) is 0 Å². The van der Waals surface area contributed by atoms with Gasteiger partial charge >= 0.3 is 17.8 Å². The van der Waals surface area contributed by atoms with Crippen molar-refractivity contribution in [3.05, 3.63) is 32.1 Å². The van der Waals surface area contributed by atoms with E-state index in [9.17, 15) is 36.9 Å². The lowest BCUT2D eigenvalue weighted by molar-refractivity contribution is -0.389. The summed E-state index contributed by atoms with van der Waals surface area (Å²) in [6, 6.07) is -0.0396. The summed E-state index contributed by atoms with van der Waals surface area (Å²) < 4.78 is 64.4. The number of rotatable bonds is 2. The SMILES string of the molecule is O=c1cc(C(F)(F)C(F)(F)F)c([N+](=O)[O-])c2n1CCN2. The Hall–Kier alpha value is -2.20. The molecule has 0 unspecified atom stereocenters. The third kappa shape index (κ3) is 1.89. The van der Waals surface area contributed by atoms with Gasteiger partial charge < -0.3 is 5.32 Å². The lowest BCUT2D eigenvalue weighted by Crippen LogP contribution is -2.36. The molecular weight excluding hydrogens is 293 g/mol. The molecular formula is C9H6F5N3O3. The van der Waals surface area contributed by atoms with Crippen molar-refractivity contribution in [2.75, 3.05) is 11.9 Å². The first kappa shape index (κ1) is 14.2. The first-order valence-corrected chi connectivity index (χ1v) is 5.18. The summed E-state index contributed by atoms with van der Waals surface area (Å²) in [4.78, 5) is 20.9. The molecule has 110 valence electrons. The third-order valence-electron chi connectivity index (χ3n) is 2.79. The molecule has 0 aliphatic carbocycles. The fourth-order valence-electron chi connectivity index (χ4n) is 1.90. The summed E-state index contributed by atoms with van der Waals surface area (Å²) >= 11 is 0. The molecule has 1 aliphatic rings. The largest absolute Gasteiger partial charge is 0.458 e. The molecule has 0 amide bonds. The number of nitro groups is 1. The molecule has 0 saturated carbocycles. The van der Waals surface area contributed by atoms with Crippen molar-refractivity contribution >= 4 is 11.5 Å². The van der Waals surface area contributed by atoms with E-state index >= 15 is 0 Å². The number of nitrogens with one attached hydrogen (secondary N) is 1. The minimum atomic E-state index is -6.04. The van der Waals surface area contributed by atoms with E-state index in [4.69, 9.17) is 0 Å². The number of alkyl halides is 5. The Morgan fingerprint density at radius 2 is 1.90 bits per heavy atom. The molecule has 2 heterocycles. The van der Waals surface area contributed by atoms with Gasteiger partial charge in [-0.1, -0.05) is 0 Å². The highest BCUT2D eigenvalue weighted by molar-refractivity contribution is 5.64. The van der Waals surface area contributed by atoms with Crippen LogP contribution >= 0.6 is 0 Å². The molecule has 1 aromatic rings. The molecule has 2 rings (SSSR count). The van der Waals surface area contributed by atoms with Crippen LogP contribution in [0, 0.1) is 10.1 Å². The fraction of sp³-hybridized carbons (Fsp3) is 0.444. The Labute approximate surface area is 107 Å². The third-order valence-corrected chi connectivity index (χ3v) is 2.79. The van der Waals surface area contributed by atoms with Gasteiger partial charge in [-0.25, -0.2) is 0 Å². The quantitative estimate of drug-likeness (QED) is 0.513. The highest BCUT2D eigenvalue weighted by Crippen LogP contribution is 2.48. The van der Waals surface area contributed by atoms with Crippen LogP contribution in [0.5, 0.6) is 0 Å². The predicted molar refractivity (Wildman–Crippen MR) is 55.8 cm³/mol. The van der Waals surface area contributed by atoms with Crippen molar-refractivity contribution in [1.82, 2.24) is 4.57 Å². The van der Waals surface area contributed by atoms with Crippen LogP contribution in [0.15, 0.2) is 10.9 Å². The van der Waals surface area contributed by atoms with E-state index < -0.39 is 39.7 Å². The van der Waals surface area contributed by atoms with Crippen molar-refractivity contribution in [2.45, 2.75) is 18.6 Å². The first-order chi connectivity index (χ1) is 9.07. The highest BCUT2D eigenvalue weighted by atomic mass is 19.4. The number of pyridine rings is 1. The zero-order valence-electron chi connectivity index (χ0n) is 9.50. The number of hydrogen-bond donors (Lipinski definition) is 1. The molecule has 0 bridgehead atoms. The predicted octanol–water partition coefficient (Wildman–Crippen LogP) is 1.84. The van der Waals surface area contributed by atoms with Crippen molar-refractivity contribution in [3.8, 4) is 0 Å². The molecule has 6 nitrogen and oxygen atoms in total. The molecule has 0 atom stereocenters. The standard InChI is InChI=1S/C9H6F5N3O3/c10-8(11,9(12,13)14)4-3-5(18)16-2-1-15-7(16)6(4)17(19)20/h3,15H,1-2H2. The molecule has 0 radical (unpaired) electrons. The fourth-order valence-corrected chi connectivity index (χ4v) is 1.90. The molecule has 1 aliphatic heterocycles. The monoisotopic (exact) mass is 299 g/mol. The van der Waals surface area contributed by atoms with Gasteiger partial charge in [-0.2, -0.15) is 22.0 Å². The number of nitrogens with zero attached hydrogens (tertiary/aromatic N) is 2. The maximum Gasteiger partial charge on any atom is 0.458 e. The Morgan fingerprint density at radius 3 is 2.40 bits per heavy atom.